The SMILES string of the molecule is CCNCCCN(C)S(=O)(=O)NC(C)c1ccsc1. The molecule has 0 aliphatic rings. The Morgan fingerprint density at radius 1 is 1.47 bits per heavy atom. The van der Waals surface area contributed by atoms with Gasteiger partial charge in [0.2, 0.25) is 0 Å². The van der Waals surface area contributed by atoms with Gasteiger partial charge in [0.15, 0.2) is 0 Å². The summed E-state index contributed by atoms with van der Waals surface area (Å²) >= 11 is 1.56. The maximum absolute atomic E-state index is 12.1. The molecule has 1 rings (SSSR count). The minimum absolute atomic E-state index is 0.201. The molecule has 0 aliphatic carbocycles. The van der Waals surface area contributed by atoms with Gasteiger partial charge in [-0.2, -0.15) is 28.8 Å². The van der Waals surface area contributed by atoms with Gasteiger partial charge in [0.05, 0.1) is 0 Å². The van der Waals surface area contributed by atoms with Crippen LogP contribution in [0.4, 0.5) is 0 Å². The van der Waals surface area contributed by atoms with E-state index in [0.29, 0.717) is 6.54 Å². The highest BCUT2D eigenvalue weighted by Crippen LogP contribution is 2.16. The summed E-state index contributed by atoms with van der Waals surface area (Å²) < 4.78 is 28.2. The van der Waals surface area contributed by atoms with E-state index < -0.39 is 10.2 Å². The molecule has 0 radical (unpaired) electrons. The summed E-state index contributed by atoms with van der Waals surface area (Å²) in [6.45, 7) is 6.13. The lowest BCUT2D eigenvalue weighted by molar-refractivity contribution is 0.439. The van der Waals surface area contributed by atoms with E-state index in [2.05, 4.69) is 10.0 Å². The van der Waals surface area contributed by atoms with Crippen molar-refractivity contribution in [3.63, 3.8) is 0 Å². The molecule has 0 saturated carbocycles. The molecule has 110 valence electrons. The average molecular weight is 305 g/mol. The van der Waals surface area contributed by atoms with Gasteiger partial charge < -0.3 is 5.32 Å². The molecule has 1 atom stereocenters. The first kappa shape index (κ1) is 16.6. The van der Waals surface area contributed by atoms with Crippen LogP contribution < -0.4 is 10.0 Å². The van der Waals surface area contributed by atoms with E-state index in [1.165, 1.54) is 4.31 Å². The Bertz CT molecular complexity index is 446. The summed E-state index contributed by atoms with van der Waals surface area (Å²) in [5.41, 5.74) is 0.995. The van der Waals surface area contributed by atoms with Crippen LogP contribution in [-0.4, -0.2) is 39.4 Å². The summed E-state index contributed by atoms with van der Waals surface area (Å²) in [6, 6.07) is 1.73. The molecule has 0 bridgehead atoms. The van der Waals surface area contributed by atoms with E-state index >= 15 is 0 Å². The molecular formula is C12H23N3O2S2. The minimum Gasteiger partial charge on any atom is -0.317 e. The molecule has 1 unspecified atom stereocenters. The molecule has 5 nitrogen and oxygen atoms in total. The molecule has 0 saturated heterocycles. The lowest BCUT2D eigenvalue weighted by Gasteiger charge is -2.20. The number of nitrogens with one attached hydrogen (secondary N) is 2. The summed E-state index contributed by atoms with van der Waals surface area (Å²) in [7, 11) is -1.81. The number of hydrogen-bond acceptors (Lipinski definition) is 4. The number of thiophene rings is 1. The Hall–Kier alpha value is -0.470. The van der Waals surface area contributed by atoms with E-state index in [0.717, 1.165) is 25.1 Å². The highest BCUT2D eigenvalue weighted by molar-refractivity contribution is 7.87. The summed E-state index contributed by atoms with van der Waals surface area (Å²) in [5.74, 6) is 0. The van der Waals surface area contributed by atoms with E-state index in [1.54, 1.807) is 18.4 Å². The Balaban J connectivity index is 2.46. The van der Waals surface area contributed by atoms with Crippen molar-refractivity contribution in [3.05, 3.63) is 22.4 Å². The van der Waals surface area contributed by atoms with Gasteiger partial charge >= 0.3 is 0 Å². The van der Waals surface area contributed by atoms with Gasteiger partial charge in [0.25, 0.3) is 10.2 Å². The van der Waals surface area contributed by atoms with Gasteiger partial charge in [-0.15, -0.1) is 0 Å². The number of nitrogens with zero attached hydrogens (tertiary/aromatic N) is 1. The second kappa shape index (κ2) is 7.96. The van der Waals surface area contributed by atoms with Gasteiger partial charge in [-0.25, -0.2) is 0 Å². The lowest BCUT2D eigenvalue weighted by Crippen LogP contribution is -2.40. The second-order valence-corrected chi connectivity index (χ2v) is 7.02. The molecule has 0 fully saturated rings. The first-order chi connectivity index (χ1) is 8.97. The Morgan fingerprint density at radius 2 is 2.21 bits per heavy atom. The van der Waals surface area contributed by atoms with Crippen LogP contribution in [-0.2, 0) is 10.2 Å². The minimum atomic E-state index is -3.41. The van der Waals surface area contributed by atoms with Gasteiger partial charge in [-0.05, 0) is 48.8 Å². The molecule has 1 heterocycles. The van der Waals surface area contributed by atoms with Crippen LogP contribution in [0, 0.1) is 0 Å². The van der Waals surface area contributed by atoms with Crippen LogP contribution >= 0.6 is 11.3 Å². The van der Waals surface area contributed by atoms with Gasteiger partial charge in [-0.3, -0.25) is 0 Å². The fraction of sp³-hybridized carbons (Fsp3) is 0.667. The van der Waals surface area contributed by atoms with Gasteiger partial charge in [0, 0.05) is 19.6 Å². The highest BCUT2D eigenvalue weighted by atomic mass is 32.2. The highest BCUT2D eigenvalue weighted by Gasteiger charge is 2.20. The van der Waals surface area contributed by atoms with Crippen molar-refractivity contribution >= 4 is 21.5 Å². The average Bonchev–Trinajstić information content (AvgIpc) is 2.87. The van der Waals surface area contributed by atoms with Crippen molar-refractivity contribution in [1.29, 1.82) is 0 Å². The third kappa shape index (κ3) is 5.58. The largest absolute Gasteiger partial charge is 0.317 e. The maximum atomic E-state index is 12.1. The third-order valence-corrected chi connectivity index (χ3v) is 5.21. The van der Waals surface area contributed by atoms with Crippen molar-refractivity contribution in [2.75, 3.05) is 26.7 Å². The first-order valence-corrected chi connectivity index (χ1v) is 8.82. The van der Waals surface area contributed by atoms with Crippen molar-refractivity contribution < 1.29 is 8.42 Å². The molecule has 0 aromatic carbocycles. The van der Waals surface area contributed by atoms with E-state index in [4.69, 9.17) is 0 Å². The first-order valence-electron chi connectivity index (χ1n) is 6.43. The molecule has 0 amide bonds. The normalized spacial score (nSPS) is 13.9. The van der Waals surface area contributed by atoms with Crippen molar-refractivity contribution in [2.45, 2.75) is 26.3 Å². The van der Waals surface area contributed by atoms with Crippen LogP contribution in [0.1, 0.15) is 31.9 Å². The van der Waals surface area contributed by atoms with E-state index in [9.17, 15) is 8.42 Å². The maximum Gasteiger partial charge on any atom is 0.279 e. The fourth-order valence-electron chi connectivity index (χ4n) is 1.63. The van der Waals surface area contributed by atoms with Crippen molar-refractivity contribution in [2.24, 2.45) is 0 Å². The molecule has 7 heteroatoms. The Morgan fingerprint density at radius 3 is 2.79 bits per heavy atom. The summed E-state index contributed by atoms with van der Waals surface area (Å²) in [4.78, 5) is 0. The van der Waals surface area contributed by atoms with Gasteiger partial charge in [-0.1, -0.05) is 6.92 Å². The quantitative estimate of drug-likeness (QED) is 0.681. The van der Waals surface area contributed by atoms with E-state index in [1.807, 2.05) is 30.7 Å². The summed E-state index contributed by atoms with van der Waals surface area (Å²) in [6.07, 6.45) is 0.804. The summed E-state index contributed by atoms with van der Waals surface area (Å²) in [5, 5.41) is 7.08. The number of hydrogen-bond donors (Lipinski definition) is 2. The zero-order chi connectivity index (χ0) is 14.3. The smallest absolute Gasteiger partial charge is 0.279 e. The Labute approximate surface area is 120 Å². The zero-order valence-electron chi connectivity index (χ0n) is 11.7. The zero-order valence-corrected chi connectivity index (χ0v) is 13.4. The lowest BCUT2D eigenvalue weighted by atomic mass is 10.2. The molecule has 0 aliphatic heterocycles. The third-order valence-electron chi connectivity index (χ3n) is 2.86. The fourth-order valence-corrected chi connectivity index (χ4v) is 3.51. The topological polar surface area (TPSA) is 61.4 Å². The van der Waals surface area contributed by atoms with Crippen molar-refractivity contribution in [1.82, 2.24) is 14.3 Å². The van der Waals surface area contributed by atoms with Crippen LogP contribution in [0.2, 0.25) is 0 Å². The monoisotopic (exact) mass is 305 g/mol. The van der Waals surface area contributed by atoms with Crippen LogP contribution in [0.5, 0.6) is 0 Å². The van der Waals surface area contributed by atoms with Crippen molar-refractivity contribution in [3.8, 4) is 0 Å². The van der Waals surface area contributed by atoms with Crippen LogP contribution in [0.25, 0.3) is 0 Å². The molecule has 1 aromatic rings. The second-order valence-electron chi connectivity index (χ2n) is 4.43. The molecular weight excluding hydrogens is 282 g/mol. The van der Waals surface area contributed by atoms with Gasteiger partial charge in [0.1, 0.15) is 0 Å². The standard InChI is InChI=1S/C12H23N3O2S2/c1-4-13-7-5-8-15(3)19(16,17)14-11(2)12-6-9-18-10-12/h6,9-11,13-14H,4-5,7-8H2,1-3H3. The van der Waals surface area contributed by atoms with Crippen LogP contribution in [0.3, 0.4) is 0 Å². The predicted octanol–water partition coefficient (Wildman–Crippen LogP) is 1.57. The predicted molar refractivity (Wildman–Crippen MR) is 80.6 cm³/mol. The number of rotatable bonds is 9. The van der Waals surface area contributed by atoms with E-state index in [-0.39, 0.29) is 6.04 Å². The molecule has 0 spiro atoms. The van der Waals surface area contributed by atoms with Crippen LogP contribution in [0.15, 0.2) is 16.8 Å². The molecule has 1 aromatic heterocycles. The Kier molecular flexibility index (Phi) is 6.95. The molecule has 2 N–H and O–H groups in total. The molecule has 19 heavy (non-hydrogen) atoms.